The van der Waals surface area contributed by atoms with Crippen LogP contribution in [0.4, 0.5) is 0 Å². The first-order valence-corrected chi connectivity index (χ1v) is 10.0. The number of aryl methyl sites for hydroxylation is 2. The summed E-state index contributed by atoms with van der Waals surface area (Å²) in [5.74, 6) is 0.958. The van der Waals surface area contributed by atoms with Crippen LogP contribution < -0.4 is 0 Å². The second-order valence-electron chi connectivity index (χ2n) is 7.57. The Hall–Kier alpha value is -3.66. The Labute approximate surface area is 168 Å². The number of allylic oxidation sites excluding steroid dienone is 1. The van der Waals surface area contributed by atoms with Crippen molar-refractivity contribution in [2.45, 2.75) is 19.8 Å². The number of benzene rings is 2. The van der Waals surface area contributed by atoms with Crippen molar-refractivity contribution < 1.29 is 0 Å². The Kier molecular flexibility index (Phi) is 3.47. The summed E-state index contributed by atoms with van der Waals surface area (Å²) in [6, 6.07) is 21.0. The van der Waals surface area contributed by atoms with Crippen LogP contribution in [0.2, 0.25) is 0 Å². The van der Waals surface area contributed by atoms with Crippen LogP contribution in [0.3, 0.4) is 0 Å². The highest BCUT2D eigenvalue weighted by Gasteiger charge is 2.21. The van der Waals surface area contributed by atoms with Gasteiger partial charge in [0, 0.05) is 5.56 Å². The summed E-state index contributed by atoms with van der Waals surface area (Å²) in [5, 5.41) is 0. The summed E-state index contributed by atoms with van der Waals surface area (Å²) in [5.41, 5.74) is 9.11. The molecule has 0 unspecified atom stereocenters. The maximum Gasteiger partial charge on any atom is 0.220 e. The van der Waals surface area contributed by atoms with E-state index in [0.717, 1.165) is 35.6 Å². The van der Waals surface area contributed by atoms with E-state index in [-0.39, 0.29) is 0 Å². The van der Waals surface area contributed by atoms with E-state index in [4.69, 9.17) is 9.97 Å². The molecular weight excluding hydrogens is 356 g/mol. The van der Waals surface area contributed by atoms with E-state index < -0.39 is 0 Å². The zero-order chi connectivity index (χ0) is 19.4. The molecule has 2 aromatic carbocycles. The number of fused-ring (bicyclic) bond motifs is 5. The number of pyridine rings is 1. The van der Waals surface area contributed by atoms with E-state index in [1.807, 2.05) is 24.4 Å². The molecule has 4 nitrogen and oxygen atoms in total. The largest absolute Gasteiger partial charge is 0.276 e. The summed E-state index contributed by atoms with van der Waals surface area (Å²) in [4.78, 5) is 9.79. The van der Waals surface area contributed by atoms with Gasteiger partial charge in [-0.1, -0.05) is 48.5 Å². The number of para-hydroxylation sites is 1. The molecule has 3 heterocycles. The molecule has 29 heavy (non-hydrogen) atoms. The zero-order valence-electron chi connectivity index (χ0n) is 16.2. The summed E-state index contributed by atoms with van der Waals surface area (Å²) in [6.45, 7) is 2.16. The molecule has 0 radical (unpaired) electrons. The summed E-state index contributed by atoms with van der Waals surface area (Å²) < 4.78 is 4.54. The second-order valence-corrected chi connectivity index (χ2v) is 7.57. The van der Waals surface area contributed by atoms with Crippen molar-refractivity contribution in [3.05, 3.63) is 89.9 Å². The lowest BCUT2D eigenvalue weighted by molar-refractivity contribution is 0.939. The van der Waals surface area contributed by atoms with Gasteiger partial charge in [0.2, 0.25) is 5.78 Å². The molecule has 1 aliphatic carbocycles. The lowest BCUT2D eigenvalue weighted by Crippen LogP contribution is -1.98. The molecule has 0 N–H and O–H groups in total. The monoisotopic (exact) mass is 376 g/mol. The van der Waals surface area contributed by atoms with Gasteiger partial charge in [-0.2, -0.15) is 0 Å². The topological polar surface area (TPSA) is 35.1 Å². The molecule has 140 valence electrons. The van der Waals surface area contributed by atoms with Crippen molar-refractivity contribution in [2.75, 3.05) is 0 Å². The van der Waals surface area contributed by atoms with Crippen LogP contribution in [0.1, 0.15) is 23.4 Å². The number of hydrogen-bond donors (Lipinski definition) is 0. The van der Waals surface area contributed by atoms with Gasteiger partial charge in [-0.15, -0.1) is 0 Å². The molecule has 0 aliphatic heterocycles. The second kappa shape index (κ2) is 6.17. The highest BCUT2D eigenvalue weighted by molar-refractivity contribution is 5.88. The molecule has 6 rings (SSSR count). The Morgan fingerprint density at radius 1 is 0.931 bits per heavy atom. The van der Waals surface area contributed by atoms with Gasteiger partial charge in [0.25, 0.3) is 0 Å². The van der Waals surface area contributed by atoms with Gasteiger partial charge < -0.3 is 0 Å². The maximum atomic E-state index is 5.04. The summed E-state index contributed by atoms with van der Waals surface area (Å²) in [6.07, 6.45) is 8.45. The third-order valence-corrected chi connectivity index (χ3v) is 5.75. The minimum absolute atomic E-state index is 0.958. The van der Waals surface area contributed by atoms with E-state index in [1.54, 1.807) is 0 Å². The Bertz CT molecular complexity index is 1390. The number of aromatic nitrogens is 4. The molecule has 3 aromatic heterocycles. The van der Waals surface area contributed by atoms with Crippen molar-refractivity contribution in [3.63, 3.8) is 0 Å². The number of hydrogen-bond acceptors (Lipinski definition) is 2. The van der Waals surface area contributed by atoms with Crippen molar-refractivity contribution in [1.29, 1.82) is 0 Å². The van der Waals surface area contributed by atoms with Crippen LogP contribution in [0.5, 0.6) is 0 Å². The fourth-order valence-electron chi connectivity index (χ4n) is 4.38. The molecule has 4 heteroatoms. The normalized spacial score (nSPS) is 13.3. The van der Waals surface area contributed by atoms with Gasteiger partial charge >= 0.3 is 0 Å². The van der Waals surface area contributed by atoms with Gasteiger partial charge in [0.15, 0.2) is 0 Å². The zero-order valence-corrected chi connectivity index (χ0v) is 16.2. The number of rotatable bonds is 2. The predicted octanol–water partition coefficient (Wildman–Crippen LogP) is 5.61. The first-order chi connectivity index (χ1) is 14.3. The van der Waals surface area contributed by atoms with Crippen LogP contribution in [0.15, 0.2) is 72.9 Å². The molecule has 0 atom stereocenters. The molecule has 5 aromatic rings. The van der Waals surface area contributed by atoms with Crippen LogP contribution in [-0.4, -0.2) is 18.9 Å². The minimum Gasteiger partial charge on any atom is -0.276 e. The van der Waals surface area contributed by atoms with Gasteiger partial charge in [-0.25, -0.2) is 4.98 Å². The van der Waals surface area contributed by atoms with E-state index in [0.29, 0.717) is 0 Å². The molecule has 0 saturated heterocycles. The number of nitrogens with zero attached hydrogens (tertiary/aromatic N) is 4. The van der Waals surface area contributed by atoms with Gasteiger partial charge in [0.1, 0.15) is 0 Å². The average Bonchev–Trinajstić information content (AvgIpc) is 3.30. The highest BCUT2D eigenvalue weighted by Crippen LogP contribution is 2.32. The van der Waals surface area contributed by atoms with Gasteiger partial charge in [0.05, 0.1) is 40.0 Å². The van der Waals surface area contributed by atoms with Crippen LogP contribution in [0, 0.1) is 6.92 Å². The Balaban J connectivity index is 1.62. The van der Waals surface area contributed by atoms with Crippen molar-refractivity contribution >= 4 is 22.9 Å². The Morgan fingerprint density at radius 2 is 1.83 bits per heavy atom. The van der Waals surface area contributed by atoms with E-state index in [2.05, 4.69) is 70.5 Å². The van der Waals surface area contributed by atoms with Crippen molar-refractivity contribution in [2.24, 2.45) is 0 Å². The third-order valence-electron chi connectivity index (χ3n) is 5.75. The maximum absolute atomic E-state index is 5.04. The molecule has 1 aliphatic rings. The van der Waals surface area contributed by atoms with E-state index >= 15 is 0 Å². The fraction of sp³-hybridized carbons (Fsp3) is 0.120. The SMILES string of the molecule is Cc1cccc2c1n(-c1ccc(-c3ccccc3)nc1)c1nc3c(n21)C=CCC3. The lowest BCUT2D eigenvalue weighted by Gasteiger charge is -2.08. The molecule has 0 amide bonds. The molecule has 0 saturated carbocycles. The summed E-state index contributed by atoms with van der Waals surface area (Å²) in [7, 11) is 0. The Morgan fingerprint density at radius 3 is 2.66 bits per heavy atom. The predicted molar refractivity (Wildman–Crippen MR) is 117 cm³/mol. The average molecular weight is 376 g/mol. The first kappa shape index (κ1) is 16.3. The summed E-state index contributed by atoms with van der Waals surface area (Å²) >= 11 is 0. The smallest absolute Gasteiger partial charge is 0.220 e. The van der Waals surface area contributed by atoms with Crippen LogP contribution in [-0.2, 0) is 6.42 Å². The van der Waals surface area contributed by atoms with Crippen LogP contribution in [0.25, 0.3) is 39.8 Å². The van der Waals surface area contributed by atoms with E-state index in [1.165, 1.54) is 28.0 Å². The van der Waals surface area contributed by atoms with E-state index in [9.17, 15) is 0 Å². The van der Waals surface area contributed by atoms with Crippen molar-refractivity contribution in [3.8, 4) is 16.9 Å². The standard InChI is InChI=1S/C25H20N4/c1-17-8-7-13-23-24(17)28(25-27-21-11-5-6-12-22(21)29(23)25)19-14-15-20(26-16-19)18-9-3-2-4-10-18/h2-4,6-10,12-16H,5,11H2,1H3. The lowest BCUT2D eigenvalue weighted by atomic mass is 10.1. The van der Waals surface area contributed by atoms with Gasteiger partial charge in [-0.3, -0.25) is 14.0 Å². The molecule has 0 fully saturated rings. The number of imidazole rings is 2. The minimum atomic E-state index is 0.958. The quantitative estimate of drug-likeness (QED) is 0.401. The molecule has 0 spiro atoms. The molecular formula is C25H20N4. The fourth-order valence-corrected chi connectivity index (χ4v) is 4.38. The van der Waals surface area contributed by atoms with Crippen molar-refractivity contribution in [1.82, 2.24) is 18.9 Å². The highest BCUT2D eigenvalue weighted by atomic mass is 15.2. The van der Waals surface area contributed by atoms with Gasteiger partial charge in [-0.05, 0) is 49.6 Å². The third kappa shape index (κ3) is 2.39. The molecule has 0 bridgehead atoms. The first-order valence-electron chi connectivity index (χ1n) is 10.0. The van der Waals surface area contributed by atoms with Crippen LogP contribution >= 0.6 is 0 Å².